The molecule has 0 fully saturated rings. The van der Waals surface area contributed by atoms with Crippen molar-refractivity contribution in [3.63, 3.8) is 0 Å². The standard InChI is InChI=1S/C25H35N3O2/c1-7-12-28(15-22-10-8-18(2)9-11-22)24(30)17-27(6)16-23(29)26-25-20(4)13-19(3)14-21(25)5/h8-11,13-14H,7,12,15-17H2,1-6H3,(H,26,29)/p+1. The van der Waals surface area contributed by atoms with Gasteiger partial charge in [0.1, 0.15) is 0 Å². The molecule has 0 aliphatic rings. The zero-order valence-corrected chi connectivity index (χ0v) is 19.3. The molecule has 0 aliphatic heterocycles. The van der Waals surface area contributed by atoms with E-state index in [2.05, 4.69) is 55.6 Å². The summed E-state index contributed by atoms with van der Waals surface area (Å²) in [6.45, 7) is 12.1. The topological polar surface area (TPSA) is 53.9 Å². The largest absolute Gasteiger partial charge is 0.333 e. The number of aryl methyl sites for hydroxylation is 4. The van der Waals surface area contributed by atoms with Crippen LogP contribution in [0, 0.1) is 27.7 Å². The molecule has 0 heterocycles. The maximum atomic E-state index is 12.9. The van der Waals surface area contributed by atoms with E-state index >= 15 is 0 Å². The highest BCUT2D eigenvalue weighted by atomic mass is 16.2. The molecule has 0 radical (unpaired) electrons. The number of quaternary nitrogens is 1. The van der Waals surface area contributed by atoms with Gasteiger partial charge >= 0.3 is 0 Å². The van der Waals surface area contributed by atoms with Gasteiger partial charge in [0.05, 0.1) is 7.05 Å². The Morgan fingerprint density at radius 2 is 1.53 bits per heavy atom. The van der Waals surface area contributed by atoms with E-state index in [1.165, 1.54) is 11.1 Å². The number of carbonyl (C=O) groups is 2. The molecule has 1 atom stereocenters. The van der Waals surface area contributed by atoms with Crippen molar-refractivity contribution < 1.29 is 14.5 Å². The van der Waals surface area contributed by atoms with Crippen molar-refractivity contribution in [1.29, 1.82) is 0 Å². The van der Waals surface area contributed by atoms with Gasteiger partial charge in [0, 0.05) is 18.8 Å². The lowest BCUT2D eigenvalue weighted by molar-refractivity contribution is -0.862. The van der Waals surface area contributed by atoms with E-state index in [0.717, 1.165) is 33.7 Å². The molecule has 0 bridgehead atoms. The minimum Gasteiger partial charge on any atom is -0.333 e. The van der Waals surface area contributed by atoms with Crippen molar-refractivity contribution in [3.8, 4) is 0 Å². The second-order valence-electron chi connectivity index (χ2n) is 8.43. The molecule has 2 N–H and O–H groups in total. The van der Waals surface area contributed by atoms with Gasteiger partial charge < -0.3 is 15.1 Å². The van der Waals surface area contributed by atoms with Gasteiger partial charge in [-0.3, -0.25) is 9.59 Å². The summed E-state index contributed by atoms with van der Waals surface area (Å²) in [4.78, 5) is 28.2. The predicted octanol–water partition coefficient (Wildman–Crippen LogP) is 2.81. The molecule has 2 rings (SSSR count). The summed E-state index contributed by atoms with van der Waals surface area (Å²) >= 11 is 0. The van der Waals surface area contributed by atoms with Crippen LogP contribution in [-0.4, -0.2) is 43.4 Å². The van der Waals surface area contributed by atoms with Gasteiger partial charge in [0.2, 0.25) is 0 Å². The fourth-order valence-corrected chi connectivity index (χ4v) is 3.74. The molecule has 1 unspecified atom stereocenters. The highest BCUT2D eigenvalue weighted by Gasteiger charge is 2.20. The Labute approximate surface area is 181 Å². The van der Waals surface area contributed by atoms with Gasteiger partial charge in [0.25, 0.3) is 11.8 Å². The number of nitrogens with one attached hydrogen (secondary N) is 2. The maximum absolute atomic E-state index is 12.9. The quantitative estimate of drug-likeness (QED) is 0.668. The third kappa shape index (κ3) is 6.99. The number of hydrogen-bond donors (Lipinski definition) is 2. The normalized spacial score (nSPS) is 11.8. The van der Waals surface area contributed by atoms with Gasteiger partial charge in [-0.2, -0.15) is 0 Å². The van der Waals surface area contributed by atoms with E-state index < -0.39 is 0 Å². The Hall–Kier alpha value is -2.66. The van der Waals surface area contributed by atoms with E-state index in [-0.39, 0.29) is 18.4 Å². The van der Waals surface area contributed by atoms with E-state index in [1.54, 1.807) is 0 Å². The van der Waals surface area contributed by atoms with Gasteiger partial charge in [-0.05, 0) is 50.8 Å². The Morgan fingerprint density at radius 1 is 0.933 bits per heavy atom. The first-order valence-corrected chi connectivity index (χ1v) is 10.7. The molecular weight excluding hydrogens is 374 g/mol. The molecule has 0 saturated carbocycles. The number of carbonyl (C=O) groups excluding carboxylic acids is 2. The number of nitrogens with zero attached hydrogens (tertiary/aromatic N) is 1. The van der Waals surface area contributed by atoms with Crippen molar-refractivity contribution in [2.75, 3.05) is 32.0 Å². The van der Waals surface area contributed by atoms with Crippen molar-refractivity contribution in [2.24, 2.45) is 0 Å². The number of hydrogen-bond acceptors (Lipinski definition) is 2. The molecule has 0 saturated heterocycles. The van der Waals surface area contributed by atoms with E-state index in [1.807, 2.05) is 32.7 Å². The average Bonchev–Trinajstić information content (AvgIpc) is 2.65. The van der Waals surface area contributed by atoms with E-state index in [9.17, 15) is 9.59 Å². The number of amides is 2. The fraction of sp³-hybridized carbons (Fsp3) is 0.440. The molecule has 0 aromatic heterocycles. The summed E-state index contributed by atoms with van der Waals surface area (Å²) in [6.07, 6.45) is 0.906. The average molecular weight is 411 g/mol. The van der Waals surface area contributed by atoms with Gasteiger partial charge in [-0.15, -0.1) is 0 Å². The van der Waals surface area contributed by atoms with Crippen LogP contribution in [0.2, 0.25) is 0 Å². The molecule has 5 heteroatoms. The second kappa shape index (κ2) is 10.9. The van der Waals surface area contributed by atoms with E-state index in [0.29, 0.717) is 19.6 Å². The summed E-state index contributed by atoms with van der Waals surface area (Å²) in [5.41, 5.74) is 6.51. The summed E-state index contributed by atoms with van der Waals surface area (Å²) in [6, 6.07) is 12.4. The van der Waals surface area contributed by atoms with Gasteiger partial charge in [0.15, 0.2) is 13.1 Å². The van der Waals surface area contributed by atoms with Crippen LogP contribution in [0.5, 0.6) is 0 Å². The minimum absolute atomic E-state index is 0.0732. The number of benzene rings is 2. The molecule has 2 aromatic carbocycles. The monoisotopic (exact) mass is 410 g/mol. The van der Waals surface area contributed by atoms with Gasteiger partial charge in [-0.1, -0.05) is 54.4 Å². The molecule has 5 nitrogen and oxygen atoms in total. The Kier molecular flexibility index (Phi) is 8.60. The highest BCUT2D eigenvalue weighted by Crippen LogP contribution is 2.21. The van der Waals surface area contributed by atoms with Crippen LogP contribution >= 0.6 is 0 Å². The highest BCUT2D eigenvalue weighted by molar-refractivity contribution is 5.93. The molecule has 2 aromatic rings. The lowest BCUT2D eigenvalue weighted by Crippen LogP contribution is -3.11. The number of rotatable bonds is 9. The SMILES string of the molecule is CCCN(Cc1ccc(C)cc1)C(=O)C[NH+](C)CC(=O)Nc1c(C)cc(C)cc1C. The first-order chi connectivity index (χ1) is 14.2. The summed E-state index contributed by atoms with van der Waals surface area (Å²) < 4.78 is 0. The van der Waals surface area contributed by atoms with Crippen LogP contribution < -0.4 is 10.2 Å². The van der Waals surface area contributed by atoms with Crippen LogP contribution in [0.15, 0.2) is 36.4 Å². The van der Waals surface area contributed by atoms with Crippen LogP contribution in [0.3, 0.4) is 0 Å². The molecule has 0 aliphatic carbocycles. The Balaban J connectivity index is 1.94. The smallest absolute Gasteiger partial charge is 0.279 e. The van der Waals surface area contributed by atoms with Crippen LogP contribution in [-0.2, 0) is 16.1 Å². The van der Waals surface area contributed by atoms with Gasteiger partial charge in [-0.25, -0.2) is 0 Å². The number of anilines is 1. The zero-order valence-electron chi connectivity index (χ0n) is 19.3. The lowest BCUT2D eigenvalue weighted by atomic mass is 10.1. The molecule has 2 amide bonds. The summed E-state index contributed by atoms with van der Waals surface area (Å²) in [5, 5.41) is 3.02. The number of likely N-dealkylation sites (N-methyl/N-ethyl adjacent to an activating group) is 1. The first-order valence-electron chi connectivity index (χ1n) is 10.7. The first kappa shape index (κ1) is 23.6. The molecule has 162 valence electrons. The fourth-order valence-electron chi connectivity index (χ4n) is 3.74. The predicted molar refractivity (Wildman–Crippen MR) is 123 cm³/mol. The lowest BCUT2D eigenvalue weighted by Gasteiger charge is -2.24. The maximum Gasteiger partial charge on any atom is 0.279 e. The van der Waals surface area contributed by atoms with Crippen LogP contribution in [0.1, 0.15) is 41.2 Å². The second-order valence-corrected chi connectivity index (χ2v) is 8.43. The van der Waals surface area contributed by atoms with E-state index in [4.69, 9.17) is 0 Å². The van der Waals surface area contributed by atoms with Crippen LogP contribution in [0.4, 0.5) is 5.69 Å². The van der Waals surface area contributed by atoms with Crippen molar-refractivity contribution in [2.45, 2.75) is 47.6 Å². The summed E-state index contributed by atoms with van der Waals surface area (Å²) in [5.74, 6) is 0.00125. The molecule has 30 heavy (non-hydrogen) atoms. The molecular formula is C25H36N3O2+. The third-order valence-corrected chi connectivity index (χ3v) is 5.20. The van der Waals surface area contributed by atoms with Crippen molar-refractivity contribution >= 4 is 17.5 Å². The van der Waals surface area contributed by atoms with Crippen LogP contribution in [0.25, 0.3) is 0 Å². The molecule has 0 spiro atoms. The Bertz CT molecular complexity index is 851. The van der Waals surface area contributed by atoms with Crippen molar-refractivity contribution in [3.05, 3.63) is 64.2 Å². The van der Waals surface area contributed by atoms with Crippen molar-refractivity contribution in [1.82, 2.24) is 4.90 Å². The Morgan fingerprint density at radius 3 is 2.10 bits per heavy atom. The third-order valence-electron chi connectivity index (χ3n) is 5.20. The summed E-state index contributed by atoms with van der Waals surface area (Å²) in [7, 11) is 1.89. The zero-order chi connectivity index (χ0) is 22.3. The minimum atomic E-state index is -0.0732.